The molecule has 0 amide bonds. The number of benzene rings is 2. The number of rotatable bonds is 2. The Morgan fingerprint density at radius 2 is 1.53 bits per heavy atom. The Kier molecular flexibility index (Phi) is 3.90. The maximum absolute atomic E-state index is 6.49. The minimum atomic E-state index is -0.0811. The molecule has 1 atom stereocenters. The lowest BCUT2D eigenvalue weighted by molar-refractivity contribution is 1.13. The minimum Gasteiger partial charge on any atom is -0.113 e. The molecule has 0 aliphatic rings. The van der Waals surface area contributed by atoms with Crippen LogP contribution >= 0.6 is 27.5 Å². The van der Waals surface area contributed by atoms with Gasteiger partial charge >= 0.3 is 0 Å². The second-order valence-electron chi connectivity index (χ2n) is 4.28. The van der Waals surface area contributed by atoms with Gasteiger partial charge in [0, 0.05) is 4.47 Å². The first kappa shape index (κ1) is 12.7. The van der Waals surface area contributed by atoms with Crippen LogP contribution in [0.2, 0.25) is 0 Å². The summed E-state index contributed by atoms with van der Waals surface area (Å²) in [7, 11) is 0. The van der Waals surface area contributed by atoms with Crippen molar-refractivity contribution >= 4 is 27.5 Å². The summed E-state index contributed by atoms with van der Waals surface area (Å²) in [4.78, 5) is 0. The van der Waals surface area contributed by atoms with Crippen molar-refractivity contribution in [3.63, 3.8) is 0 Å². The first-order valence-corrected chi connectivity index (χ1v) is 6.77. The Morgan fingerprint density at radius 1 is 0.941 bits per heavy atom. The molecule has 2 heteroatoms. The highest BCUT2D eigenvalue weighted by molar-refractivity contribution is 9.10. The fraction of sp³-hybridized carbons (Fsp3) is 0.200. The van der Waals surface area contributed by atoms with Crippen molar-refractivity contribution in [1.82, 2.24) is 0 Å². The number of alkyl halides is 1. The quantitative estimate of drug-likeness (QED) is 0.652. The van der Waals surface area contributed by atoms with Crippen molar-refractivity contribution in [1.29, 1.82) is 0 Å². The summed E-state index contributed by atoms with van der Waals surface area (Å²) in [5, 5.41) is -0.0811. The lowest BCUT2D eigenvalue weighted by Crippen LogP contribution is -1.94. The molecule has 0 heterocycles. The minimum absolute atomic E-state index is 0.0811. The molecule has 0 saturated heterocycles. The van der Waals surface area contributed by atoms with Gasteiger partial charge < -0.3 is 0 Å². The van der Waals surface area contributed by atoms with Crippen molar-refractivity contribution in [3.05, 3.63) is 69.2 Å². The molecule has 0 saturated carbocycles. The van der Waals surface area contributed by atoms with Gasteiger partial charge in [0.25, 0.3) is 0 Å². The average Bonchev–Trinajstić information content (AvgIpc) is 2.33. The number of aryl methyl sites for hydroxylation is 2. The molecule has 2 aromatic rings. The molecule has 0 nitrogen and oxygen atoms in total. The summed E-state index contributed by atoms with van der Waals surface area (Å²) in [5.41, 5.74) is 4.74. The highest BCUT2D eigenvalue weighted by Crippen LogP contribution is 2.31. The van der Waals surface area contributed by atoms with E-state index in [-0.39, 0.29) is 5.38 Å². The molecule has 0 N–H and O–H groups in total. The molecule has 0 aromatic heterocycles. The molecule has 0 bridgehead atoms. The van der Waals surface area contributed by atoms with Crippen LogP contribution in [0.4, 0.5) is 0 Å². The monoisotopic (exact) mass is 308 g/mol. The largest absolute Gasteiger partial charge is 0.113 e. The van der Waals surface area contributed by atoms with Crippen LogP contribution in [0.15, 0.2) is 46.9 Å². The smallest absolute Gasteiger partial charge is 0.0835 e. The van der Waals surface area contributed by atoms with E-state index in [1.807, 2.05) is 6.07 Å². The maximum atomic E-state index is 6.49. The van der Waals surface area contributed by atoms with Crippen LogP contribution in [0.1, 0.15) is 27.6 Å². The van der Waals surface area contributed by atoms with Gasteiger partial charge in [0.1, 0.15) is 0 Å². The van der Waals surface area contributed by atoms with Gasteiger partial charge in [0.2, 0.25) is 0 Å². The third-order valence-corrected chi connectivity index (χ3v) is 4.24. The van der Waals surface area contributed by atoms with Crippen LogP contribution in [0, 0.1) is 13.8 Å². The number of hydrogen-bond donors (Lipinski definition) is 0. The Morgan fingerprint density at radius 3 is 2.12 bits per heavy atom. The summed E-state index contributed by atoms with van der Waals surface area (Å²) < 4.78 is 1.12. The molecule has 0 fully saturated rings. The molecule has 17 heavy (non-hydrogen) atoms. The average molecular weight is 310 g/mol. The number of hydrogen-bond acceptors (Lipinski definition) is 0. The van der Waals surface area contributed by atoms with Crippen LogP contribution in [0.3, 0.4) is 0 Å². The van der Waals surface area contributed by atoms with Crippen LogP contribution in [-0.4, -0.2) is 0 Å². The SMILES string of the molecule is Cc1ccc(C(Cl)c2ccc(Br)c(C)c2)cc1. The van der Waals surface area contributed by atoms with Gasteiger partial charge in [-0.3, -0.25) is 0 Å². The Bertz CT molecular complexity index is 517. The van der Waals surface area contributed by atoms with Crippen molar-refractivity contribution in [2.24, 2.45) is 0 Å². The first-order chi connectivity index (χ1) is 8.08. The maximum Gasteiger partial charge on any atom is 0.0835 e. The molecule has 88 valence electrons. The fourth-order valence-electron chi connectivity index (χ4n) is 1.75. The Labute approximate surface area is 116 Å². The lowest BCUT2D eigenvalue weighted by Gasteiger charge is -2.12. The van der Waals surface area contributed by atoms with E-state index in [2.05, 4.69) is 66.2 Å². The molecule has 1 unspecified atom stereocenters. The third-order valence-electron chi connectivity index (χ3n) is 2.84. The van der Waals surface area contributed by atoms with Gasteiger partial charge in [-0.25, -0.2) is 0 Å². The zero-order valence-electron chi connectivity index (χ0n) is 9.87. The summed E-state index contributed by atoms with van der Waals surface area (Å²) in [6.07, 6.45) is 0. The highest BCUT2D eigenvalue weighted by Gasteiger charge is 2.11. The summed E-state index contributed by atoms with van der Waals surface area (Å²) >= 11 is 9.99. The van der Waals surface area contributed by atoms with E-state index in [0.29, 0.717) is 0 Å². The van der Waals surface area contributed by atoms with Crippen molar-refractivity contribution < 1.29 is 0 Å². The van der Waals surface area contributed by atoms with E-state index in [1.165, 1.54) is 11.1 Å². The van der Waals surface area contributed by atoms with Gasteiger partial charge in [0.15, 0.2) is 0 Å². The third kappa shape index (κ3) is 2.91. The predicted octanol–water partition coefficient (Wildman–Crippen LogP) is 5.39. The normalized spacial score (nSPS) is 12.5. The van der Waals surface area contributed by atoms with E-state index >= 15 is 0 Å². The first-order valence-electron chi connectivity index (χ1n) is 5.54. The highest BCUT2D eigenvalue weighted by atomic mass is 79.9. The number of halogens is 2. The molecule has 0 radical (unpaired) electrons. The van der Waals surface area contributed by atoms with Gasteiger partial charge in [0.05, 0.1) is 5.38 Å². The second kappa shape index (κ2) is 5.24. The standard InChI is InChI=1S/C15H14BrCl/c1-10-3-5-12(6-4-10)15(17)13-7-8-14(16)11(2)9-13/h3-9,15H,1-2H3. The van der Waals surface area contributed by atoms with E-state index in [0.717, 1.165) is 15.6 Å². The van der Waals surface area contributed by atoms with Crippen LogP contribution in [0.5, 0.6) is 0 Å². The van der Waals surface area contributed by atoms with E-state index in [9.17, 15) is 0 Å². The van der Waals surface area contributed by atoms with E-state index in [4.69, 9.17) is 11.6 Å². The van der Waals surface area contributed by atoms with Gasteiger partial charge in [-0.15, -0.1) is 11.6 Å². The second-order valence-corrected chi connectivity index (χ2v) is 5.57. The topological polar surface area (TPSA) is 0 Å². The molecule has 0 aliphatic heterocycles. The van der Waals surface area contributed by atoms with Crippen molar-refractivity contribution in [3.8, 4) is 0 Å². The molecule has 0 aliphatic carbocycles. The molecular formula is C15H14BrCl. The molecule has 2 rings (SSSR count). The van der Waals surface area contributed by atoms with E-state index < -0.39 is 0 Å². The summed E-state index contributed by atoms with van der Waals surface area (Å²) in [6, 6.07) is 14.6. The van der Waals surface area contributed by atoms with E-state index in [1.54, 1.807) is 0 Å². The van der Waals surface area contributed by atoms with Crippen molar-refractivity contribution in [2.45, 2.75) is 19.2 Å². The lowest BCUT2D eigenvalue weighted by atomic mass is 10.0. The van der Waals surface area contributed by atoms with Gasteiger partial charge in [-0.05, 0) is 36.6 Å². The molecule has 0 spiro atoms. The van der Waals surface area contributed by atoms with Crippen LogP contribution < -0.4 is 0 Å². The summed E-state index contributed by atoms with van der Waals surface area (Å²) in [6.45, 7) is 4.16. The van der Waals surface area contributed by atoms with Crippen LogP contribution in [-0.2, 0) is 0 Å². The van der Waals surface area contributed by atoms with Gasteiger partial charge in [-0.2, -0.15) is 0 Å². The fourth-order valence-corrected chi connectivity index (χ4v) is 2.28. The Hall–Kier alpha value is -0.790. The molecule has 2 aromatic carbocycles. The zero-order chi connectivity index (χ0) is 12.4. The predicted molar refractivity (Wildman–Crippen MR) is 77.8 cm³/mol. The zero-order valence-corrected chi connectivity index (χ0v) is 12.2. The van der Waals surface area contributed by atoms with Gasteiger partial charge in [-0.1, -0.05) is 57.9 Å². The van der Waals surface area contributed by atoms with Crippen molar-refractivity contribution in [2.75, 3.05) is 0 Å². The Balaban J connectivity index is 2.33. The van der Waals surface area contributed by atoms with Crippen LogP contribution in [0.25, 0.3) is 0 Å². The molecular weight excluding hydrogens is 296 g/mol. The summed E-state index contributed by atoms with van der Waals surface area (Å²) in [5.74, 6) is 0.